The highest BCUT2D eigenvalue weighted by Crippen LogP contribution is 2.65. The van der Waals surface area contributed by atoms with Crippen molar-refractivity contribution in [3.63, 3.8) is 0 Å². The molecule has 6 atom stereocenters. The number of anilines is 2. The van der Waals surface area contributed by atoms with Gasteiger partial charge in [-0.15, -0.1) is 23.4 Å². The third-order valence-electron chi connectivity index (χ3n) is 16.8. The number of imide groups is 1. The Morgan fingerprint density at radius 2 is 1.71 bits per heavy atom. The smallest absolute Gasteiger partial charge is 0.411 e. The standard InChI is InChI=1S/C53H61ClN4O10S2/c1-64-38-15-10-31(11-16-38)12-17-45(59)57-29-35(27-54)47-41-7-3-2-6-40(41)42(21-43(47)57)55-50(63)65-39-5-4-18-52(26-39)66-53(68-67-52)36-19-33-20-37(53)25-51(23-33,24-36)56-48(61)34-13-8-32(9-14-34)28-58-46(60)22-44(49(58)62)70-30-69/h2-3,6-7,10-12,15-17,21,32-37,39,44,69H,4-5,8-9,13-14,18-20,22-30H2,1H3,(H,55,63)(H,56,61)/b17-12+. The summed E-state index contributed by atoms with van der Waals surface area (Å²) in [5.41, 5.74) is 2.73. The maximum Gasteiger partial charge on any atom is 0.411 e. The van der Waals surface area contributed by atoms with E-state index in [-0.39, 0.29) is 70.4 Å². The quantitative estimate of drug-likeness (QED) is 0.0396. The topological polar surface area (TPSA) is 162 Å². The normalized spacial score (nSPS) is 34.3. The molecule has 70 heavy (non-hydrogen) atoms. The van der Waals surface area contributed by atoms with Crippen LogP contribution in [0.2, 0.25) is 0 Å². The third kappa shape index (κ3) is 8.90. The Kier molecular flexibility index (Phi) is 13.2. The minimum Gasteiger partial charge on any atom is -0.497 e. The molecule has 14 nitrogen and oxygen atoms in total. The molecule has 3 aliphatic heterocycles. The number of amides is 5. The van der Waals surface area contributed by atoms with Gasteiger partial charge < -0.3 is 24.4 Å². The van der Waals surface area contributed by atoms with Gasteiger partial charge in [0.2, 0.25) is 29.3 Å². The molecule has 372 valence electrons. The lowest BCUT2D eigenvalue weighted by molar-refractivity contribution is -0.392. The average molecular weight is 1010 g/mol. The van der Waals surface area contributed by atoms with Crippen LogP contribution >= 0.6 is 36.0 Å². The minimum atomic E-state index is -1.07. The van der Waals surface area contributed by atoms with E-state index in [4.69, 9.17) is 35.6 Å². The van der Waals surface area contributed by atoms with Gasteiger partial charge in [0, 0.05) is 84.0 Å². The van der Waals surface area contributed by atoms with E-state index in [9.17, 15) is 24.0 Å². The summed E-state index contributed by atoms with van der Waals surface area (Å²) in [6, 6.07) is 17.1. The van der Waals surface area contributed by atoms with Crippen molar-refractivity contribution < 1.29 is 48.0 Å². The van der Waals surface area contributed by atoms with Crippen LogP contribution < -0.4 is 20.3 Å². The fourth-order valence-corrected chi connectivity index (χ4v) is 15.2. The molecule has 4 bridgehead atoms. The molecule has 5 amide bonds. The van der Waals surface area contributed by atoms with E-state index >= 15 is 0 Å². The fraction of sp³-hybridized carbons (Fsp3) is 0.566. The summed E-state index contributed by atoms with van der Waals surface area (Å²) < 4.78 is 18.5. The number of alkyl halides is 1. The van der Waals surface area contributed by atoms with Crippen molar-refractivity contribution in [3.05, 3.63) is 71.8 Å². The maximum atomic E-state index is 14.0. The van der Waals surface area contributed by atoms with Crippen LogP contribution in [0.15, 0.2) is 60.7 Å². The largest absolute Gasteiger partial charge is 0.497 e. The lowest BCUT2D eigenvalue weighted by atomic mass is 9.50. The SMILES string of the molecule is COc1ccc(/C=C/C(=O)N2CC(CCl)c3c2cc(NC(=O)OC2CCCC4(C2)OOC2(O4)C4CC5CC2CC(NC(=O)C2CCC(CN6C(=O)CC(SCS)C6=O)CC2)(C5)C4)c2ccccc32)cc1. The van der Waals surface area contributed by atoms with Crippen molar-refractivity contribution in [1.82, 2.24) is 10.2 Å². The highest BCUT2D eigenvalue weighted by molar-refractivity contribution is 8.10. The molecule has 17 heteroatoms. The van der Waals surface area contributed by atoms with Crippen LogP contribution in [0.3, 0.4) is 0 Å². The lowest BCUT2D eigenvalue weighted by Gasteiger charge is -2.62. The van der Waals surface area contributed by atoms with Crippen LogP contribution in [0, 0.1) is 29.6 Å². The molecule has 0 radical (unpaired) electrons. The Labute approximate surface area is 422 Å². The second-order valence-corrected chi connectivity index (χ2v) is 23.4. The van der Waals surface area contributed by atoms with Crippen molar-refractivity contribution in [2.75, 3.05) is 41.4 Å². The second-order valence-electron chi connectivity index (χ2n) is 21.1. The molecule has 0 aromatic heterocycles. The summed E-state index contributed by atoms with van der Waals surface area (Å²) in [7, 11) is 1.61. The Morgan fingerprint density at radius 1 is 0.957 bits per heavy atom. The number of hydrogen-bond acceptors (Lipinski definition) is 12. The predicted octanol–water partition coefficient (Wildman–Crippen LogP) is 9.34. The van der Waals surface area contributed by atoms with Gasteiger partial charge in [-0.05, 0) is 123 Å². The van der Waals surface area contributed by atoms with Gasteiger partial charge in [0.05, 0.1) is 23.7 Å². The third-order valence-corrected chi connectivity index (χ3v) is 18.5. The molecule has 6 aliphatic carbocycles. The maximum absolute atomic E-state index is 14.0. The zero-order valence-electron chi connectivity index (χ0n) is 39.4. The molecule has 8 fully saturated rings. The number of thioether (sulfide) groups is 1. The molecule has 12 rings (SSSR count). The Morgan fingerprint density at radius 3 is 2.44 bits per heavy atom. The Bertz CT molecular complexity index is 2580. The van der Waals surface area contributed by atoms with Gasteiger partial charge in [-0.3, -0.25) is 29.4 Å². The summed E-state index contributed by atoms with van der Waals surface area (Å²) in [4.78, 5) is 83.1. The number of likely N-dealkylation sites (tertiary alicyclic amines) is 1. The summed E-state index contributed by atoms with van der Waals surface area (Å²) in [5.74, 6) is -0.698. The molecule has 6 unspecified atom stereocenters. The summed E-state index contributed by atoms with van der Waals surface area (Å²) in [5, 5.41) is 8.51. The van der Waals surface area contributed by atoms with Gasteiger partial charge in [0.1, 0.15) is 11.9 Å². The Hall–Kier alpha value is -4.32. The van der Waals surface area contributed by atoms with E-state index in [0.717, 1.165) is 85.4 Å². The number of fused-ring (bicyclic) bond motifs is 3. The number of nitrogens with zero attached hydrogens (tertiary/aromatic N) is 2. The van der Waals surface area contributed by atoms with Crippen molar-refractivity contribution in [3.8, 4) is 5.75 Å². The number of nitrogens with one attached hydrogen (secondary N) is 2. The number of methoxy groups -OCH3 is 1. The highest BCUT2D eigenvalue weighted by atomic mass is 35.5. The van der Waals surface area contributed by atoms with Crippen molar-refractivity contribution in [2.45, 2.75) is 124 Å². The van der Waals surface area contributed by atoms with Crippen molar-refractivity contribution in [2.24, 2.45) is 29.6 Å². The van der Waals surface area contributed by atoms with E-state index in [1.807, 2.05) is 54.6 Å². The molecular weight excluding hydrogens is 952 g/mol. The first kappa shape index (κ1) is 48.0. The first-order chi connectivity index (χ1) is 33.9. The van der Waals surface area contributed by atoms with Crippen LogP contribution in [0.4, 0.5) is 16.2 Å². The average Bonchev–Trinajstić information content (AvgIpc) is 4.00. The second kappa shape index (κ2) is 19.3. The van der Waals surface area contributed by atoms with E-state index in [2.05, 4.69) is 23.3 Å². The van der Waals surface area contributed by atoms with E-state index < -0.39 is 23.8 Å². The molecule has 9 aliphatic rings. The zero-order chi connectivity index (χ0) is 48.4. The van der Waals surface area contributed by atoms with Crippen LogP contribution in [0.25, 0.3) is 16.8 Å². The first-order valence-electron chi connectivity index (χ1n) is 25.1. The molecule has 3 aromatic rings. The number of carbonyl (C=O) groups is 5. The molecule has 3 aromatic carbocycles. The van der Waals surface area contributed by atoms with Crippen LogP contribution in [0.1, 0.15) is 107 Å². The number of hydrogen-bond donors (Lipinski definition) is 3. The molecule has 2 spiro atoms. The van der Waals surface area contributed by atoms with Gasteiger partial charge in [0.15, 0.2) is 0 Å². The molecule has 2 N–H and O–H groups in total. The number of ether oxygens (including phenoxy) is 3. The monoisotopic (exact) mass is 1010 g/mol. The summed E-state index contributed by atoms with van der Waals surface area (Å²) >= 11 is 12.2. The van der Waals surface area contributed by atoms with Crippen LogP contribution in [-0.4, -0.2) is 94.3 Å². The van der Waals surface area contributed by atoms with Gasteiger partial charge >= 0.3 is 6.09 Å². The van der Waals surface area contributed by atoms with E-state index in [0.29, 0.717) is 67.0 Å². The molecule has 3 heterocycles. The van der Waals surface area contributed by atoms with Gasteiger partial charge in [-0.2, -0.15) is 22.4 Å². The molecule has 6 saturated carbocycles. The minimum absolute atomic E-state index is 0.0368. The summed E-state index contributed by atoms with van der Waals surface area (Å²) in [6.45, 7) is 0.845. The predicted molar refractivity (Wildman–Crippen MR) is 269 cm³/mol. The fourth-order valence-electron chi connectivity index (χ4n) is 13.7. The number of benzene rings is 3. The lowest BCUT2D eigenvalue weighted by Crippen LogP contribution is -2.69. The number of rotatable bonds is 12. The van der Waals surface area contributed by atoms with Crippen LogP contribution in [0.5, 0.6) is 5.75 Å². The van der Waals surface area contributed by atoms with Crippen molar-refractivity contribution >= 4 is 93.9 Å². The summed E-state index contributed by atoms with van der Waals surface area (Å²) in [6.07, 6.45) is 12.1. The highest BCUT2D eigenvalue weighted by Gasteiger charge is 2.70. The van der Waals surface area contributed by atoms with E-state index in [1.54, 1.807) is 24.2 Å². The number of thiol groups is 1. The van der Waals surface area contributed by atoms with Gasteiger partial charge in [-0.1, -0.05) is 36.4 Å². The number of carbonyl (C=O) groups excluding carboxylic acids is 5. The van der Waals surface area contributed by atoms with Gasteiger partial charge in [0.25, 0.3) is 5.91 Å². The van der Waals surface area contributed by atoms with Gasteiger partial charge in [-0.25, -0.2) is 4.79 Å². The molecule has 2 saturated heterocycles. The van der Waals surface area contributed by atoms with E-state index in [1.165, 1.54) is 16.7 Å². The number of halogens is 1. The molecular formula is C53H61ClN4O10S2. The van der Waals surface area contributed by atoms with Crippen LogP contribution in [-0.2, 0) is 38.4 Å². The zero-order valence-corrected chi connectivity index (χ0v) is 41.9. The Balaban J connectivity index is 0.719. The first-order valence-corrected chi connectivity index (χ1v) is 27.3. The van der Waals surface area contributed by atoms with Crippen molar-refractivity contribution in [1.29, 1.82) is 0 Å².